The van der Waals surface area contributed by atoms with E-state index in [4.69, 9.17) is 5.11 Å². The molecule has 1 aromatic heterocycles. The normalized spacial score (nSPS) is 18.1. The molecule has 2 rings (SSSR count). The maximum absolute atomic E-state index is 8.82. The van der Waals surface area contributed by atoms with E-state index in [1.54, 1.807) is 18.6 Å². The van der Waals surface area contributed by atoms with Crippen molar-refractivity contribution in [2.45, 2.75) is 0 Å². The molecular formula is C10H16N4O. The zero-order valence-corrected chi connectivity index (χ0v) is 8.71. The Bertz CT molecular complexity index is 285. The lowest BCUT2D eigenvalue weighted by molar-refractivity contribution is 0.188. The molecule has 1 aromatic rings. The highest BCUT2D eigenvalue weighted by atomic mass is 16.3. The molecule has 0 unspecified atom stereocenters. The van der Waals surface area contributed by atoms with Crippen molar-refractivity contribution in [2.24, 2.45) is 0 Å². The fraction of sp³-hybridized carbons (Fsp3) is 0.600. The lowest BCUT2D eigenvalue weighted by Gasteiger charge is -2.34. The first-order chi connectivity index (χ1) is 7.40. The van der Waals surface area contributed by atoms with Gasteiger partial charge in [0.05, 0.1) is 12.8 Å². The molecule has 0 aliphatic carbocycles. The molecule has 0 saturated carbocycles. The molecule has 0 amide bonds. The molecule has 1 N–H and O–H groups in total. The smallest absolute Gasteiger partial charge is 0.147 e. The molecule has 0 aromatic carbocycles. The molecule has 15 heavy (non-hydrogen) atoms. The second kappa shape index (κ2) is 5.04. The molecule has 5 heteroatoms. The summed E-state index contributed by atoms with van der Waals surface area (Å²) in [6, 6.07) is 0. The summed E-state index contributed by atoms with van der Waals surface area (Å²) in [5.41, 5.74) is 0. The van der Waals surface area contributed by atoms with Crippen molar-refractivity contribution in [1.82, 2.24) is 14.9 Å². The number of β-amino-alcohol motifs (C(OH)–C–C–N with tert-alkyl or cyclic N) is 1. The van der Waals surface area contributed by atoms with Crippen molar-refractivity contribution in [1.29, 1.82) is 0 Å². The van der Waals surface area contributed by atoms with Gasteiger partial charge in [-0.25, -0.2) is 4.98 Å². The summed E-state index contributed by atoms with van der Waals surface area (Å²) in [4.78, 5) is 12.8. The highest BCUT2D eigenvalue weighted by Gasteiger charge is 2.16. The van der Waals surface area contributed by atoms with Gasteiger partial charge in [-0.2, -0.15) is 0 Å². The number of anilines is 1. The average molecular weight is 208 g/mol. The molecule has 1 aliphatic heterocycles. The third-order valence-electron chi connectivity index (χ3n) is 2.66. The monoisotopic (exact) mass is 208 g/mol. The van der Waals surface area contributed by atoms with E-state index < -0.39 is 0 Å². The van der Waals surface area contributed by atoms with E-state index in [0.717, 1.165) is 38.5 Å². The third-order valence-corrected chi connectivity index (χ3v) is 2.66. The minimum atomic E-state index is 0.241. The zero-order chi connectivity index (χ0) is 10.5. The third kappa shape index (κ3) is 2.64. The van der Waals surface area contributed by atoms with E-state index in [2.05, 4.69) is 19.8 Å². The van der Waals surface area contributed by atoms with E-state index >= 15 is 0 Å². The van der Waals surface area contributed by atoms with Gasteiger partial charge in [0.25, 0.3) is 0 Å². The topological polar surface area (TPSA) is 52.5 Å². The van der Waals surface area contributed by atoms with Crippen molar-refractivity contribution >= 4 is 5.82 Å². The van der Waals surface area contributed by atoms with Crippen LogP contribution in [0.5, 0.6) is 0 Å². The van der Waals surface area contributed by atoms with Gasteiger partial charge in [0.1, 0.15) is 5.82 Å². The number of rotatable bonds is 3. The van der Waals surface area contributed by atoms with E-state index in [1.165, 1.54) is 0 Å². The van der Waals surface area contributed by atoms with Gasteiger partial charge in [-0.1, -0.05) is 0 Å². The lowest BCUT2D eigenvalue weighted by atomic mass is 10.3. The first-order valence-corrected chi connectivity index (χ1v) is 5.24. The van der Waals surface area contributed by atoms with Gasteiger partial charge in [0, 0.05) is 45.1 Å². The molecule has 2 heterocycles. The summed E-state index contributed by atoms with van der Waals surface area (Å²) >= 11 is 0. The fourth-order valence-electron chi connectivity index (χ4n) is 1.80. The van der Waals surface area contributed by atoms with Crippen LogP contribution in [0.2, 0.25) is 0 Å². The van der Waals surface area contributed by atoms with Gasteiger partial charge in [-0.15, -0.1) is 0 Å². The van der Waals surface area contributed by atoms with Gasteiger partial charge in [-0.05, 0) is 0 Å². The molecule has 5 nitrogen and oxygen atoms in total. The SMILES string of the molecule is OCCN1CCN(c2cnccn2)CC1. The number of hydrogen-bond acceptors (Lipinski definition) is 5. The van der Waals surface area contributed by atoms with Crippen molar-refractivity contribution in [3.63, 3.8) is 0 Å². The fourth-order valence-corrected chi connectivity index (χ4v) is 1.80. The van der Waals surface area contributed by atoms with Crippen molar-refractivity contribution in [3.8, 4) is 0 Å². The van der Waals surface area contributed by atoms with Crippen LogP contribution in [0, 0.1) is 0 Å². The van der Waals surface area contributed by atoms with Gasteiger partial charge >= 0.3 is 0 Å². The Labute approximate surface area is 89.4 Å². The quantitative estimate of drug-likeness (QED) is 0.732. The van der Waals surface area contributed by atoms with E-state index in [1.807, 2.05) is 0 Å². The number of piperazine rings is 1. The molecule has 0 bridgehead atoms. The minimum Gasteiger partial charge on any atom is -0.395 e. The van der Waals surface area contributed by atoms with E-state index in [-0.39, 0.29) is 6.61 Å². The summed E-state index contributed by atoms with van der Waals surface area (Å²) in [5.74, 6) is 0.946. The Morgan fingerprint density at radius 1 is 1.20 bits per heavy atom. The minimum absolute atomic E-state index is 0.241. The number of hydrogen-bond donors (Lipinski definition) is 1. The van der Waals surface area contributed by atoms with Gasteiger partial charge < -0.3 is 10.0 Å². The Balaban J connectivity index is 1.88. The molecule has 82 valence electrons. The van der Waals surface area contributed by atoms with E-state index in [9.17, 15) is 0 Å². The average Bonchev–Trinajstić information content (AvgIpc) is 2.32. The predicted molar refractivity (Wildman–Crippen MR) is 57.8 cm³/mol. The number of aromatic nitrogens is 2. The highest BCUT2D eigenvalue weighted by Crippen LogP contribution is 2.10. The summed E-state index contributed by atoms with van der Waals surface area (Å²) < 4.78 is 0. The van der Waals surface area contributed by atoms with Crippen molar-refractivity contribution in [2.75, 3.05) is 44.2 Å². The van der Waals surface area contributed by atoms with Gasteiger partial charge in [0.2, 0.25) is 0 Å². The Hall–Kier alpha value is -1.20. The lowest BCUT2D eigenvalue weighted by Crippen LogP contribution is -2.47. The predicted octanol–water partition coefficient (Wildman–Crippen LogP) is -0.409. The summed E-state index contributed by atoms with van der Waals surface area (Å²) in [6.07, 6.45) is 5.20. The van der Waals surface area contributed by atoms with Crippen molar-refractivity contribution in [3.05, 3.63) is 18.6 Å². The molecule has 1 aliphatic rings. The molecule has 0 spiro atoms. The van der Waals surface area contributed by atoms with Crippen LogP contribution in [0.4, 0.5) is 5.82 Å². The molecule has 0 atom stereocenters. The number of aliphatic hydroxyl groups is 1. The largest absolute Gasteiger partial charge is 0.395 e. The Kier molecular flexibility index (Phi) is 3.47. The maximum atomic E-state index is 8.82. The molecule has 0 radical (unpaired) electrons. The van der Waals surface area contributed by atoms with Crippen LogP contribution < -0.4 is 4.90 Å². The van der Waals surface area contributed by atoms with Crippen LogP contribution >= 0.6 is 0 Å². The van der Waals surface area contributed by atoms with Crippen LogP contribution in [-0.4, -0.2) is 59.3 Å². The maximum Gasteiger partial charge on any atom is 0.147 e. The molecule has 1 fully saturated rings. The Morgan fingerprint density at radius 2 is 2.00 bits per heavy atom. The second-order valence-electron chi connectivity index (χ2n) is 3.62. The van der Waals surface area contributed by atoms with Crippen LogP contribution in [0.3, 0.4) is 0 Å². The molecule has 1 saturated heterocycles. The number of nitrogens with zero attached hydrogens (tertiary/aromatic N) is 4. The van der Waals surface area contributed by atoms with Crippen LogP contribution in [0.15, 0.2) is 18.6 Å². The van der Waals surface area contributed by atoms with Crippen LogP contribution in [0.1, 0.15) is 0 Å². The van der Waals surface area contributed by atoms with Crippen LogP contribution in [-0.2, 0) is 0 Å². The van der Waals surface area contributed by atoms with Gasteiger partial charge in [0.15, 0.2) is 0 Å². The summed E-state index contributed by atoms with van der Waals surface area (Å²) in [6.45, 7) is 4.89. The summed E-state index contributed by atoms with van der Waals surface area (Å²) in [5, 5.41) is 8.82. The second-order valence-corrected chi connectivity index (χ2v) is 3.62. The first-order valence-electron chi connectivity index (χ1n) is 5.24. The zero-order valence-electron chi connectivity index (χ0n) is 8.71. The molecular weight excluding hydrogens is 192 g/mol. The van der Waals surface area contributed by atoms with Crippen molar-refractivity contribution < 1.29 is 5.11 Å². The standard InChI is InChI=1S/C10H16N4O/c15-8-7-13-3-5-14(6-4-13)10-9-11-1-2-12-10/h1-2,9,15H,3-8H2. The first kappa shape index (κ1) is 10.3. The summed E-state index contributed by atoms with van der Waals surface area (Å²) in [7, 11) is 0. The van der Waals surface area contributed by atoms with Gasteiger partial charge in [-0.3, -0.25) is 9.88 Å². The van der Waals surface area contributed by atoms with Crippen LogP contribution in [0.25, 0.3) is 0 Å². The highest BCUT2D eigenvalue weighted by molar-refractivity contribution is 5.35. The Morgan fingerprint density at radius 3 is 2.60 bits per heavy atom. The van der Waals surface area contributed by atoms with E-state index in [0.29, 0.717) is 0 Å². The number of aliphatic hydroxyl groups excluding tert-OH is 1.